The van der Waals surface area contributed by atoms with Gasteiger partial charge in [-0.2, -0.15) is 0 Å². The van der Waals surface area contributed by atoms with Gasteiger partial charge in [-0.05, 0) is 89.2 Å². The minimum Gasteiger partial charge on any atom is -0.456 e. The molecule has 1 saturated heterocycles. The van der Waals surface area contributed by atoms with Crippen molar-refractivity contribution in [1.29, 1.82) is 0 Å². The number of amides is 2. The van der Waals surface area contributed by atoms with Crippen LogP contribution in [0.15, 0.2) is 94.6 Å². The van der Waals surface area contributed by atoms with Crippen LogP contribution in [0.25, 0.3) is 0 Å². The van der Waals surface area contributed by atoms with Gasteiger partial charge in [0.05, 0.1) is 11.4 Å². The van der Waals surface area contributed by atoms with E-state index in [1.165, 1.54) is 11.3 Å². The second-order valence-corrected chi connectivity index (χ2v) is 11.6. The summed E-state index contributed by atoms with van der Waals surface area (Å²) in [4.78, 5) is 33.3. The molecule has 1 unspecified atom stereocenters. The summed E-state index contributed by atoms with van der Waals surface area (Å²) in [5.74, 6) is 0.619. The van der Waals surface area contributed by atoms with Crippen LogP contribution in [0.2, 0.25) is 0 Å². The van der Waals surface area contributed by atoms with Crippen molar-refractivity contribution < 1.29 is 14.0 Å². The Labute approximate surface area is 263 Å². The molecule has 1 atom stereocenters. The number of benzene rings is 1. The van der Waals surface area contributed by atoms with E-state index in [9.17, 15) is 9.59 Å². The Morgan fingerprint density at radius 1 is 1.07 bits per heavy atom. The van der Waals surface area contributed by atoms with Gasteiger partial charge in [0, 0.05) is 50.5 Å². The minimum atomic E-state index is -0.356. The first-order chi connectivity index (χ1) is 21.0. The van der Waals surface area contributed by atoms with Gasteiger partial charge < -0.3 is 29.8 Å². The van der Waals surface area contributed by atoms with Crippen molar-refractivity contribution in [1.82, 2.24) is 15.1 Å². The molecular weight excluding hydrogens is 550 g/mol. The molecule has 0 bridgehead atoms. The number of hydrogen-bond acceptors (Lipinski definition) is 6. The summed E-state index contributed by atoms with van der Waals surface area (Å²) in [6.07, 6.45) is 11.9. The predicted octanol–water partition coefficient (Wildman–Crippen LogP) is 6.43. The zero-order chi connectivity index (χ0) is 32.2. The molecule has 236 valence electrons. The molecule has 2 N–H and O–H groups in total. The van der Waals surface area contributed by atoms with Gasteiger partial charge in [0.1, 0.15) is 5.76 Å². The Kier molecular flexibility index (Phi) is 12.8. The van der Waals surface area contributed by atoms with E-state index in [1.54, 1.807) is 31.2 Å². The quantitative estimate of drug-likeness (QED) is 0.259. The monoisotopic (exact) mass is 599 g/mol. The third-order valence-corrected chi connectivity index (χ3v) is 7.60. The first-order valence-corrected chi connectivity index (χ1v) is 15.3. The van der Waals surface area contributed by atoms with Crippen LogP contribution >= 0.6 is 0 Å². The zero-order valence-corrected chi connectivity index (χ0v) is 27.4. The standard InChI is InChI=1S/C36H49N5O3/c1-9-11-13-30(22-26(3)25-39(7)8)24-37-35(42)31-15-16-33(32(23-31)38-36(43)34-17-14-28(5)44-34)41-20-18-40(19-21-41)29(6)27(4)12-10-2/h9-17,22-23,26H,1,18-21,24-25H2,2-8H3,(H,37,42)(H,38,43)/b12-10-,13-11-,29-27+,30-22+. The Morgan fingerprint density at radius 3 is 2.41 bits per heavy atom. The summed E-state index contributed by atoms with van der Waals surface area (Å²) in [5, 5.41) is 6.07. The lowest BCUT2D eigenvalue weighted by Crippen LogP contribution is -2.46. The van der Waals surface area contributed by atoms with Crippen LogP contribution < -0.4 is 15.5 Å². The van der Waals surface area contributed by atoms with Crippen molar-refractivity contribution in [3.63, 3.8) is 0 Å². The van der Waals surface area contributed by atoms with Gasteiger partial charge in [-0.3, -0.25) is 9.59 Å². The first-order valence-electron chi connectivity index (χ1n) is 15.3. The number of hydrogen-bond donors (Lipinski definition) is 2. The van der Waals surface area contributed by atoms with Gasteiger partial charge in [0.25, 0.3) is 11.8 Å². The van der Waals surface area contributed by atoms with Crippen LogP contribution in [0, 0.1) is 12.8 Å². The smallest absolute Gasteiger partial charge is 0.291 e. The summed E-state index contributed by atoms with van der Waals surface area (Å²) >= 11 is 0. The number of anilines is 2. The number of aryl methyl sites for hydroxylation is 1. The number of carbonyl (C=O) groups is 2. The highest BCUT2D eigenvalue weighted by molar-refractivity contribution is 6.05. The van der Waals surface area contributed by atoms with Crippen molar-refractivity contribution in [2.45, 2.75) is 34.6 Å². The van der Waals surface area contributed by atoms with Crippen LogP contribution in [0.3, 0.4) is 0 Å². The van der Waals surface area contributed by atoms with E-state index in [4.69, 9.17) is 4.42 Å². The fraction of sp³-hybridized carbons (Fsp3) is 0.389. The first kappa shape index (κ1) is 34.2. The maximum Gasteiger partial charge on any atom is 0.291 e. The van der Waals surface area contributed by atoms with Gasteiger partial charge in [0.2, 0.25) is 0 Å². The second kappa shape index (κ2) is 16.5. The molecule has 2 heterocycles. The molecule has 0 radical (unpaired) electrons. The Balaban J connectivity index is 1.84. The topological polar surface area (TPSA) is 81.1 Å². The molecule has 3 rings (SSSR count). The third-order valence-electron chi connectivity index (χ3n) is 7.60. The number of furan rings is 1. The highest BCUT2D eigenvalue weighted by Crippen LogP contribution is 2.30. The van der Waals surface area contributed by atoms with Crippen molar-refractivity contribution in [2.75, 3.05) is 63.6 Å². The summed E-state index contributed by atoms with van der Waals surface area (Å²) in [7, 11) is 4.09. The molecule has 1 aromatic heterocycles. The number of piperazine rings is 1. The zero-order valence-electron chi connectivity index (χ0n) is 27.4. The van der Waals surface area contributed by atoms with Crippen LogP contribution in [0.1, 0.15) is 54.4 Å². The largest absolute Gasteiger partial charge is 0.456 e. The van der Waals surface area contributed by atoms with Crippen molar-refractivity contribution in [2.24, 2.45) is 5.92 Å². The predicted molar refractivity (Wildman–Crippen MR) is 182 cm³/mol. The molecule has 2 aromatic rings. The molecular formula is C36H49N5O3. The number of carbonyl (C=O) groups excluding carboxylic acids is 2. The van der Waals surface area contributed by atoms with E-state index < -0.39 is 0 Å². The van der Waals surface area contributed by atoms with E-state index in [0.717, 1.165) is 44.0 Å². The fourth-order valence-electron chi connectivity index (χ4n) is 5.34. The molecule has 44 heavy (non-hydrogen) atoms. The SMILES string of the molecule is C=C/C=C\C(=C/C(C)CN(C)C)CNC(=O)c1ccc(N2CCN(/C(C)=C(C)/C=C\C)CC2)c(NC(=O)c2ccc(C)o2)c1. The van der Waals surface area contributed by atoms with Crippen LogP contribution in [-0.4, -0.2) is 75.0 Å². The van der Waals surface area contributed by atoms with E-state index in [1.807, 2.05) is 45.3 Å². The maximum atomic E-state index is 13.4. The molecule has 8 heteroatoms. The summed E-state index contributed by atoms with van der Waals surface area (Å²) in [6.45, 7) is 18.6. The summed E-state index contributed by atoms with van der Waals surface area (Å²) < 4.78 is 5.57. The molecule has 0 aliphatic carbocycles. The summed E-state index contributed by atoms with van der Waals surface area (Å²) in [6, 6.07) is 8.92. The molecule has 0 spiro atoms. The number of nitrogens with one attached hydrogen (secondary N) is 2. The van der Waals surface area contributed by atoms with Gasteiger partial charge in [-0.15, -0.1) is 0 Å². The molecule has 1 aromatic carbocycles. The second-order valence-electron chi connectivity index (χ2n) is 11.6. The summed E-state index contributed by atoms with van der Waals surface area (Å²) in [5.41, 5.74) is 5.43. The van der Waals surface area contributed by atoms with E-state index in [0.29, 0.717) is 29.5 Å². The van der Waals surface area contributed by atoms with E-state index in [-0.39, 0.29) is 17.6 Å². The molecule has 8 nitrogen and oxygen atoms in total. The molecule has 0 saturated carbocycles. The lowest BCUT2D eigenvalue weighted by Gasteiger charge is -2.39. The molecule has 1 aliphatic heterocycles. The number of allylic oxidation sites excluding steroid dienone is 6. The maximum absolute atomic E-state index is 13.4. The average Bonchev–Trinajstić information content (AvgIpc) is 3.44. The molecule has 1 aliphatic rings. The van der Waals surface area contributed by atoms with Crippen LogP contribution in [0.5, 0.6) is 0 Å². The van der Waals surface area contributed by atoms with Crippen molar-refractivity contribution in [3.05, 3.63) is 107 Å². The third kappa shape index (κ3) is 9.88. The normalized spacial score (nSPS) is 15.6. The van der Waals surface area contributed by atoms with Crippen LogP contribution in [0.4, 0.5) is 11.4 Å². The molecule has 1 fully saturated rings. The van der Waals surface area contributed by atoms with Gasteiger partial charge in [-0.25, -0.2) is 0 Å². The van der Waals surface area contributed by atoms with Gasteiger partial charge in [0.15, 0.2) is 5.76 Å². The minimum absolute atomic E-state index is 0.218. The highest BCUT2D eigenvalue weighted by Gasteiger charge is 2.23. The van der Waals surface area contributed by atoms with Crippen molar-refractivity contribution in [3.8, 4) is 0 Å². The lowest BCUT2D eigenvalue weighted by atomic mass is 10.1. The number of nitrogens with zero attached hydrogens (tertiary/aromatic N) is 3. The Morgan fingerprint density at radius 2 is 1.80 bits per heavy atom. The average molecular weight is 600 g/mol. The molecule has 2 amide bonds. The Hall–Kier alpha value is -4.30. The van der Waals surface area contributed by atoms with E-state index in [2.05, 4.69) is 70.9 Å². The Bertz CT molecular complexity index is 1420. The highest BCUT2D eigenvalue weighted by atomic mass is 16.3. The van der Waals surface area contributed by atoms with Gasteiger partial charge in [-0.1, -0.05) is 50.0 Å². The fourth-order valence-corrected chi connectivity index (χ4v) is 5.34. The number of rotatable bonds is 13. The van der Waals surface area contributed by atoms with E-state index >= 15 is 0 Å². The van der Waals surface area contributed by atoms with Crippen LogP contribution in [-0.2, 0) is 0 Å². The lowest BCUT2D eigenvalue weighted by molar-refractivity contribution is 0.0955. The van der Waals surface area contributed by atoms with Gasteiger partial charge >= 0.3 is 0 Å². The van der Waals surface area contributed by atoms with Crippen molar-refractivity contribution >= 4 is 23.2 Å².